The molecule has 0 heterocycles. The van der Waals surface area contributed by atoms with E-state index in [0.717, 1.165) is 17.1 Å². The molecular formula is C20H27ClN2O2. The van der Waals surface area contributed by atoms with Crippen molar-refractivity contribution in [3.05, 3.63) is 60.2 Å². The molecular weight excluding hydrogens is 336 g/mol. The quantitative estimate of drug-likeness (QED) is 0.764. The van der Waals surface area contributed by atoms with Crippen molar-refractivity contribution in [2.45, 2.75) is 39.3 Å². The van der Waals surface area contributed by atoms with Gasteiger partial charge in [0.2, 0.25) is 5.91 Å². The zero-order valence-electron chi connectivity index (χ0n) is 14.9. The highest BCUT2D eigenvalue weighted by molar-refractivity contribution is 5.85. The molecule has 0 aromatic heterocycles. The van der Waals surface area contributed by atoms with Crippen LogP contribution in [0, 0.1) is 5.92 Å². The van der Waals surface area contributed by atoms with E-state index in [0.29, 0.717) is 12.3 Å². The maximum atomic E-state index is 12.1. The van der Waals surface area contributed by atoms with Crippen LogP contribution in [0.2, 0.25) is 0 Å². The van der Waals surface area contributed by atoms with Crippen molar-refractivity contribution in [3.63, 3.8) is 0 Å². The molecule has 0 aliphatic rings. The van der Waals surface area contributed by atoms with Crippen molar-refractivity contribution in [1.82, 2.24) is 5.32 Å². The number of carbonyl (C=O) groups excluding carboxylic acids is 1. The molecule has 5 heteroatoms. The Morgan fingerprint density at radius 2 is 1.56 bits per heavy atom. The maximum Gasteiger partial charge on any atom is 0.237 e. The molecule has 2 aromatic rings. The molecule has 2 unspecified atom stereocenters. The Labute approximate surface area is 156 Å². The minimum atomic E-state index is -0.465. The summed E-state index contributed by atoms with van der Waals surface area (Å²) < 4.78 is 5.77. The van der Waals surface area contributed by atoms with E-state index in [1.807, 2.05) is 61.5 Å². The lowest BCUT2D eigenvalue weighted by Crippen LogP contribution is -2.42. The highest BCUT2D eigenvalue weighted by atomic mass is 35.5. The van der Waals surface area contributed by atoms with Gasteiger partial charge in [-0.3, -0.25) is 4.79 Å². The van der Waals surface area contributed by atoms with Crippen LogP contribution in [0.3, 0.4) is 0 Å². The first kappa shape index (κ1) is 21.0. The number of para-hydroxylation sites is 1. The topological polar surface area (TPSA) is 64.4 Å². The highest BCUT2D eigenvalue weighted by Crippen LogP contribution is 2.23. The Morgan fingerprint density at radius 1 is 1.00 bits per heavy atom. The molecule has 1 amide bonds. The molecule has 0 bridgehead atoms. The molecule has 0 aliphatic carbocycles. The van der Waals surface area contributed by atoms with Gasteiger partial charge in [-0.05, 0) is 49.1 Å². The fraction of sp³-hybridized carbons (Fsp3) is 0.350. The smallest absolute Gasteiger partial charge is 0.237 e. The van der Waals surface area contributed by atoms with Gasteiger partial charge >= 0.3 is 0 Å². The molecule has 0 fully saturated rings. The fourth-order valence-electron chi connectivity index (χ4n) is 2.47. The summed E-state index contributed by atoms with van der Waals surface area (Å²) in [6.45, 7) is 6.07. The number of nitrogens with one attached hydrogen (secondary N) is 1. The van der Waals surface area contributed by atoms with Crippen molar-refractivity contribution in [3.8, 4) is 11.5 Å². The van der Waals surface area contributed by atoms with Crippen LogP contribution in [-0.4, -0.2) is 11.9 Å². The molecule has 2 atom stereocenters. The van der Waals surface area contributed by atoms with E-state index in [1.165, 1.54) is 0 Å². The minimum absolute atomic E-state index is 0. The van der Waals surface area contributed by atoms with Gasteiger partial charge in [0.15, 0.2) is 0 Å². The van der Waals surface area contributed by atoms with E-state index < -0.39 is 6.04 Å². The number of carbonyl (C=O) groups is 1. The van der Waals surface area contributed by atoms with Gasteiger partial charge < -0.3 is 15.8 Å². The first-order chi connectivity index (χ1) is 11.5. The van der Waals surface area contributed by atoms with Gasteiger partial charge in [-0.2, -0.15) is 0 Å². The summed E-state index contributed by atoms with van der Waals surface area (Å²) in [5, 5.41) is 2.97. The Balaban J connectivity index is 0.00000312. The van der Waals surface area contributed by atoms with Gasteiger partial charge in [0.25, 0.3) is 0 Å². The van der Waals surface area contributed by atoms with E-state index in [2.05, 4.69) is 19.2 Å². The Morgan fingerprint density at radius 3 is 2.12 bits per heavy atom. The van der Waals surface area contributed by atoms with Crippen LogP contribution in [0.5, 0.6) is 11.5 Å². The van der Waals surface area contributed by atoms with Crippen molar-refractivity contribution < 1.29 is 9.53 Å². The summed E-state index contributed by atoms with van der Waals surface area (Å²) in [6.07, 6.45) is 0.683. The predicted octanol–water partition coefficient (Wildman–Crippen LogP) is 4.45. The Hall–Kier alpha value is -2.04. The average Bonchev–Trinajstić information content (AvgIpc) is 2.55. The second-order valence-corrected chi connectivity index (χ2v) is 6.45. The summed E-state index contributed by atoms with van der Waals surface area (Å²) >= 11 is 0. The highest BCUT2D eigenvalue weighted by Gasteiger charge is 2.17. The van der Waals surface area contributed by atoms with Gasteiger partial charge in [0, 0.05) is 0 Å². The summed E-state index contributed by atoms with van der Waals surface area (Å²) in [4.78, 5) is 12.1. The average molecular weight is 363 g/mol. The molecule has 2 rings (SSSR count). The van der Waals surface area contributed by atoms with Gasteiger partial charge in [-0.25, -0.2) is 0 Å². The van der Waals surface area contributed by atoms with Gasteiger partial charge in [0.05, 0.1) is 12.1 Å². The zero-order valence-corrected chi connectivity index (χ0v) is 15.8. The third kappa shape index (κ3) is 6.77. The SMILES string of the molecule is CC(C)CC(N)C(=O)NC(C)c1ccc(Oc2ccccc2)cc1.Cl. The van der Waals surface area contributed by atoms with E-state index >= 15 is 0 Å². The molecule has 3 N–H and O–H groups in total. The van der Waals surface area contributed by atoms with Gasteiger partial charge in [0.1, 0.15) is 11.5 Å². The van der Waals surface area contributed by atoms with E-state index in [4.69, 9.17) is 10.5 Å². The molecule has 136 valence electrons. The van der Waals surface area contributed by atoms with Gasteiger partial charge in [-0.1, -0.05) is 44.2 Å². The van der Waals surface area contributed by atoms with Crippen molar-refractivity contribution >= 4 is 18.3 Å². The third-order valence-electron chi connectivity index (χ3n) is 3.78. The molecule has 0 saturated heterocycles. The summed E-state index contributed by atoms with van der Waals surface area (Å²) in [7, 11) is 0. The number of hydrogen-bond acceptors (Lipinski definition) is 3. The van der Waals surface area contributed by atoms with Crippen LogP contribution >= 0.6 is 12.4 Å². The molecule has 0 aliphatic heterocycles. The van der Waals surface area contributed by atoms with Crippen molar-refractivity contribution in [2.75, 3.05) is 0 Å². The Bertz CT molecular complexity index is 645. The molecule has 0 saturated carbocycles. The molecule has 25 heavy (non-hydrogen) atoms. The maximum absolute atomic E-state index is 12.1. The van der Waals surface area contributed by atoms with Crippen LogP contribution in [0.15, 0.2) is 54.6 Å². The number of rotatable bonds is 7. The summed E-state index contributed by atoms with van der Waals surface area (Å²) in [6, 6.07) is 16.8. The second kappa shape index (κ2) is 10.1. The van der Waals surface area contributed by atoms with Crippen molar-refractivity contribution in [1.29, 1.82) is 0 Å². The normalized spacial score (nSPS) is 12.8. The zero-order chi connectivity index (χ0) is 17.5. The van der Waals surface area contributed by atoms with Crippen LogP contribution in [0.25, 0.3) is 0 Å². The van der Waals surface area contributed by atoms with Crippen molar-refractivity contribution in [2.24, 2.45) is 11.7 Å². The molecule has 2 aromatic carbocycles. The monoisotopic (exact) mass is 362 g/mol. The largest absolute Gasteiger partial charge is 0.457 e. The summed E-state index contributed by atoms with van der Waals surface area (Å²) in [5.41, 5.74) is 6.94. The van der Waals surface area contributed by atoms with Crippen LogP contribution in [0.4, 0.5) is 0 Å². The van der Waals surface area contributed by atoms with E-state index in [-0.39, 0.29) is 24.4 Å². The van der Waals surface area contributed by atoms with Crippen LogP contribution in [0.1, 0.15) is 38.8 Å². The lowest BCUT2D eigenvalue weighted by atomic mass is 10.0. The number of hydrogen-bond donors (Lipinski definition) is 2. The van der Waals surface area contributed by atoms with E-state index in [9.17, 15) is 4.79 Å². The number of nitrogens with two attached hydrogens (primary N) is 1. The van der Waals surface area contributed by atoms with Crippen LogP contribution in [-0.2, 0) is 4.79 Å². The number of benzene rings is 2. The standard InChI is InChI=1S/C20H26N2O2.ClH/c1-14(2)13-19(21)20(23)22-15(3)16-9-11-18(12-10-16)24-17-7-5-4-6-8-17;/h4-12,14-15,19H,13,21H2,1-3H3,(H,22,23);1H. The fourth-order valence-corrected chi connectivity index (χ4v) is 2.47. The minimum Gasteiger partial charge on any atom is -0.457 e. The van der Waals surface area contributed by atoms with E-state index in [1.54, 1.807) is 0 Å². The second-order valence-electron chi connectivity index (χ2n) is 6.45. The molecule has 0 spiro atoms. The number of halogens is 1. The van der Waals surface area contributed by atoms with Gasteiger partial charge in [-0.15, -0.1) is 12.4 Å². The molecule has 0 radical (unpaired) electrons. The predicted molar refractivity (Wildman–Crippen MR) is 104 cm³/mol. The lowest BCUT2D eigenvalue weighted by molar-refractivity contribution is -0.123. The number of ether oxygens (including phenoxy) is 1. The first-order valence-electron chi connectivity index (χ1n) is 8.34. The lowest BCUT2D eigenvalue weighted by Gasteiger charge is -2.19. The van der Waals surface area contributed by atoms with Crippen LogP contribution < -0.4 is 15.8 Å². The molecule has 4 nitrogen and oxygen atoms in total. The summed E-state index contributed by atoms with van der Waals surface area (Å²) in [5.74, 6) is 1.85. The third-order valence-corrected chi connectivity index (χ3v) is 3.78. The first-order valence-corrected chi connectivity index (χ1v) is 8.34. The number of amides is 1. The Kier molecular flexibility index (Phi) is 8.46.